The van der Waals surface area contributed by atoms with Gasteiger partial charge in [-0.25, -0.2) is 4.98 Å². The Kier molecular flexibility index (Phi) is 5.99. The van der Waals surface area contributed by atoms with E-state index in [0.717, 1.165) is 37.6 Å². The van der Waals surface area contributed by atoms with E-state index < -0.39 is 16.4 Å². The highest BCUT2D eigenvalue weighted by atomic mass is 16.5. The zero-order valence-corrected chi connectivity index (χ0v) is 20.9. The third-order valence-corrected chi connectivity index (χ3v) is 7.98. The lowest BCUT2D eigenvalue weighted by Gasteiger charge is -2.72. The summed E-state index contributed by atoms with van der Waals surface area (Å²) in [6.45, 7) is 12.3. The highest BCUT2D eigenvalue weighted by Gasteiger charge is 2.74. The van der Waals surface area contributed by atoms with Crippen molar-refractivity contribution in [3.63, 3.8) is 0 Å². The number of methoxy groups -OCH3 is 3. The summed E-state index contributed by atoms with van der Waals surface area (Å²) in [6.07, 6.45) is 1.84. The van der Waals surface area contributed by atoms with Gasteiger partial charge in [0.1, 0.15) is 11.4 Å². The highest BCUT2D eigenvalue weighted by Crippen LogP contribution is 2.70. The summed E-state index contributed by atoms with van der Waals surface area (Å²) in [4.78, 5) is 9.37. The molecule has 2 heterocycles. The van der Waals surface area contributed by atoms with Crippen molar-refractivity contribution in [3.05, 3.63) is 42.1 Å². The standard InChI is InChI=1S/C26H37N3O4/c1-24(2)23(29-16-14-28(15-17-29)20-10-8-9-13-27-20)25(3,4)26(24,30)18-11-12-19(31-5)22(33-7)21(18)32-6/h8-13,23,30H,14-17H2,1-7H3. The van der Waals surface area contributed by atoms with Gasteiger partial charge in [-0.15, -0.1) is 0 Å². The molecule has 1 saturated heterocycles. The van der Waals surface area contributed by atoms with Gasteiger partial charge in [0.05, 0.1) is 21.3 Å². The Hall–Kier alpha value is -2.51. The third kappa shape index (κ3) is 3.28. The Labute approximate surface area is 197 Å². The van der Waals surface area contributed by atoms with Crippen LogP contribution in [0.2, 0.25) is 0 Å². The molecule has 2 fully saturated rings. The maximum atomic E-state index is 12.3. The summed E-state index contributed by atoms with van der Waals surface area (Å²) in [5.74, 6) is 2.64. The first kappa shape index (κ1) is 23.6. The van der Waals surface area contributed by atoms with Gasteiger partial charge in [0.15, 0.2) is 11.5 Å². The van der Waals surface area contributed by atoms with Crippen LogP contribution >= 0.6 is 0 Å². The first-order chi connectivity index (χ1) is 15.6. The van der Waals surface area contributed by atoms with Crippen LogP contribution in [0, 0.1) is 10.8 Å². The first-order valence-corrected chi connectivity index (χ1v) is 11.6. The van der Waals surface area contributed by atoms with Crippen LogP contribution in [-0.4, -0.2) is 68.5 Å². The fourth-order valence-electron chi connectivity index (χ4n) is 6.79. The average Bonchev–Trinajstić information content (AvgIpc) is 2.82. The molecule has 180 valence electrons. The van der Waals surface area contributed by atoms with Crippen LogP contribution in [0.25, 0.3) is 0 Å². The van der Waals surface area contributed by atoms with Crippen molar-refractivity contribution in [2.24, 2.45) is 10.8 Å². The van der Waals surface area contributed by atoms with Gasteiger partial charge in [-0.05, 0) is 24.3 Å². The van der Waals surface area contributed by atoms with Crippen molar-refractivity contribution >= 4 is 5.82 Å². The Morgan fingerprint density at radius 1 is 0.848 bits per heavy atom. The molecule has 0 unspecified atom stereocenters. The number of piperazine rings is 1. The van der Waals surface area contributed by atoms with Crippen LogP contribution in [0.15, 0.2) is 36.5 Å². The van der Waals surface area contributed by atoms with Crippen LogP contribution in [0.3, 0.4) is 0 Å². The molecule has 1 aliphatic heterocycles. The second-order valence-electron chi connectivity index (χ2n) is 10.1. The first-order valence-electron chi connectivity index (χ1n) is 11.6. The van der Waals surface area contributed by atoms with Crippen LogP contribution in [0.1, 0.15) is 33.3 Å². The number of pyridine rings is 1. The third-order valence-electron chi connectivity index (χ3n) is 7.98. The van der Waals surface area contributed by atoms with Crippen LogP contribution in [-0.2, 0) is 5.60 Å². The summed E-state index contributed by atoms with van der Waals surface area (Å²) < 4.78 is 16.8. The lowest BCUT2D eigenvalue weighted by molar-refractivity contribution is -0.308. The molecule has 33 heavy (non-hydrogen) atoms. The number of rotatable bonds is 6. The van der Waals surface area contributed by atoms with Gasteiger partial charge in [-0.3, -0.25) is 4.90 Å². The van der Waals surface area contributed by atoms with Crippen molar-refractivity contribution in [1.82, 2.24) is 9.88 Å². The van der Waals surface area contributed by atoms with Gasteiger partial charge in [-0.1, -0.05) is 33.8 Å². The van der Waals surface area contributed by atoms with E-state index in [-0.39, 0.29) is 6.04 Å². The quantitative estimate of drug-likeness (QED) is 0.714. The fraction of sp³-hybridized carbons (Fsp3) is 0.577. The predicted molar refractivity (Wildman–Crippen MR) is 129 cm³/mol. The topological polar surface area (TPSA) is 67.3 Å². The number of hydrogen-bond acceptors (Lipinski definition) is 7. The second kappa shape index (κ2) is 8.37. The largest absolute Gasteiger partial charge is 0.493 e. The molecule has 0 amide bonds. The molecule has 4 rings (SSSR count). The molecule has 1 aromatic carbocycles. The number of anilines is 1. The van der Waals surface area contributed by atoms with Crippen molar-refractivity contribution < 1.29 is 19.3 Å². The predicted octanol–water partition coefficient (Wildman–Crippen LogP) is 3.55. The van der Waals surface area contributed by atoms with E-state index in [1.807, 2.05) is 30.5 Å². The molecule has 0 spiro atoms. The van der Waals surface area contributed by atoms with E-state index in [4.69, 9.17) is 14.2 Å². The zero-order valence-electron chi connectivity index (χ0n) is 20.9. The molecular formula is C26H37N3O4. The maximum Gasteiger partial charge on any atom is 0.203 e. The van der Waals surface area contributed by atoms with E-state index in [0.29, 0.717) is 17.2 Å². The summed E-state index contributed by atoms with van der Waals surface area (Å²) in [7, 11) is 4.80. The smallest absolute Gasteiger partial charge is 0.203 e. The minimum absolute atomic E-state index is 0.193. The van der Waals surface area contributed by atoms with Crippen LogP contribution in [0.5, 0.6) is 17.2 Å². The van der Waals surface area contributed by atoms with Gasteiger partial charge in [0.25, 0.3) is 0 Å². The Bertz CT molecular complexity index is 969. The van der Waals surface area contributed by atoms with E-state index in [1.54, 1.807) is 21.3 Å². The number of aromatic nitrogens is 1. The van der Waals surface area contributed by atoms with E-state index in [2.05, 4.69) is 48.5 Å². The number of nitrogens with zero attached hydrogens (tertiary/aromatic N) is 3. The van der Waals surface area contributed by atoms with Gasteiger partial charge in [0, 0.05) is 54.8 Å². The minimum Gasteiger partial charge on any atom is -0.493 e. The molecule has 0 bridgehead atoms. The van der Waals surface area contributed by atoms with Crippen LogP contribution < -0.4 is 19.1 Å². The number of ether oxygens (including phenoxy) is 3. The molecule has 1 aliphatic carbocycles. The molecule has 1 aromatic heterocycles. The number of aliphatic hydroxyl groups is 1. The van der Waals surface area contributed by atoms with E-state index in [1.165, 1.54) is 0 Å². The maximum absolute atomic E-state index is 12.3. The highest BCUT2D eigenvalue weighted by molar-refractivity contribution is 5.59. The molecule has 1 saturated carbocycles. The average molecular weight is 456 g/mol. The molecule has 0 atom stereocenters. The minimum atomic E-state index is -1.12. The van der Waals surface area contributed by atoms with Gasteiger partial charge >= 0.3 is 0 Å². The molecule has 2 aromatic rings. The summed E-state index contributed by atoms with van der Waals surface area (Å²) in [5.41, 5.74) is -1.22. The monoisotopic (exact) mass is 455 g/mol. The Balaban J connectivity index is 1.64. The Morgan fingerprint density at radius 3 is 2.00 bits per heavy atom. The molecular weight excluding hydrogens is 418 g/mol. The lowest BCUT2D eigenvalue weighted by atomic mass is 9.39. The van der Waals surface area contributed by atoms with Gasteiger partial charge in [0.2, 0.25) is 5.75 Å². The van der Waals surface area contributed by atoms with Crippen molar-refractivity contribution in [1.29, 1.82) is 0 Å². The summed E-state index contributed by atoms with van der Waals surface area (Å²) in [5, 5.41) is 12.3. The second-order valence-corrected chi connectivity index (χ2v) is 10.1. The van der Waals surface area contributed by atoms with E-state index in [9.17, 15) is 5.11 Å². The van der Waals surface area contributed by atoms with E-state index >= 15 is 0 Å². The van der Waals surface area contributed by atoms with Crippen molar-refractivity contribution in [2.75, 3.05) is 52.4 Å². The van der Waals surface area contributed by atoms with Gasteiger partial charge in [-0.2, -0.15) is 0 Å². The molecule has 1 N–H and O–H groups in total. The summed E-state index contributed by atoms with van der Waals surface area (Å²) >= 11 is 0. The molecule has 7 nitrogen and oxygen atoms in total. The number of benzene rings is 1. The van der Waals surface area contributed by atoms with Crippen LogP contribution in [0.4, 0.5) is 5.82 Å². The summed E-state index contributed by atoms with van der Waals surface area (Å²) in [6, 6.07) is 10.00. The molecule has 2 aliphatic rings. The fourth-order valence-corrected chi connectivity index (χ4v) is 6.79. The molecule has 0 radical (unpaired) electrons. The number of hydrogen-bond donors (Lipinski definition) is 1. The van der Waals surface area contributed by atoms with Crippen molar-refractivity contribution in [3.8, 4) is 17.2 Å². The molecule has 7 heteroatoms. The zero-order chi connectivity index (χ0) is 24.0. The lowest BCUT2D eigenvalue weighted by Crippen LogP contribution is -2.79. The Morgan fingerprint density at radius 2 is 1.48 bits per heavy atom. The van der Waals surface area contributed by atoms with Gasteiger partial charge < -0.3 is 24.2 Å². The SMILES string of the molecule is COc1ccc(C2(O)C(C)(C)C(N3CCN(c4ccccn4)CC3)C2(C)C)c(OC)c1OC. The van der Waals surface area contributed by atoms with Crippen molar-refractivity contribution in [2.45, 2.75) is 39.3 Å². The normalized spacial score (nSPS) is 26.4.